The Morgan fingerprint density at radius 2 is 2.12 bits per heavy atom. The molecule has 1 aromatic carbocycles. The van der Waals surface area contributed by atoms with E-state index in [2.05, 4.69) is 0 Å². The molecule has 0 saturated carbocycles. The van der Waals surface area contributed by atoms with E-state index in [1.165, 1.54) is 0 Å². The van der Waals surface area contributed by atoms with Crippen LogP contribution < -0.4 is 4.74 Å². The maximum Gasteiger partial charge on any atom is 0.143 e. The van der Waals surface area contributed by atoms with Crippen molar-refractivity contribution < 1.29 is 14.9 Å². The molecule has 0 heterocycles. The first kappa shape index (κ1) is 13.3. The van der Waals surface area contributed by atoms with E-state index in [0.717, 1.165) is 0 Å². The van der Waals surface area contributed by atoms with E-state index in [0.29, 0.717) is 22.8 Å². The molecular weight excluding hydrogens is 228 g/mol. The predicted octanol–water partition coefficient (Wildman–Crippen LogP) is 2.37. The first-order valence-electron chi connectivity index (χ1n) is 5.23. The number of aliphatic hydroxyl groups excluding tert-OH is 1. The molecule has 1 unspecified atom stereocenters. The molecule has 4 heteroatoms. The van der Waals surface area contributed by atoms with Gasteiger partial charge in [0.25, 0.3) is 0 Å². The maximum atomic E-state index is 9.81. The van der Waals surface area contributed by atoms with Crippen LogP contribution in [0.4, 0.5) is 0 Å². The third-order valence-electron chi connectivity index (χ3n) is 2.51. The lowest BCUT2D eigenvalue weighted by molar-refractivity contribution is 0.00788. The second kappa shape index (κ2) is 5.53. The van der Waals surface area contributed by atoms with E-state index in [4.69, 9.17) is 21.4 Å². The zero-order chi connectivity index (χ0) is 12.2. The van der Waals surface area contributed by atoms with Crippen molar-refractivity contribution in [2.75, 3.05) is 6.61 Å². The van der Waals surface area contributed by atoms with Crippen LogP contribution in [-0.4, -0.2) is 22.4 Å². The fraction of sp³-hybridized carbons (Fsp3) is 0.500. The Bertz CT molecular complexity index is 350. The summed E-state index contributed by atoms with van der Waals surface area (Å²) < 4.78 is 5.47. The van der Waals surface area contributed by atoms with Crippen molar-refractivity contribution in [3.05, 3.63) is 28.8 Å². The summed E-state index contributed by atoms with van der Waals surface area (Å²) in [6.45, 7) is 3.59. The van der Waals surface area contributed by atoms with Crippen LogP contribution in [0.25, 0.3) is 0 Å². The van der Waals surface area contributed by atoms with Crippen LogP contribution >= 0.6 is 11.6 Å². The number of ether oxygens (including phenoxy) is 1. The molecular formula is C12H17ClO3. The summed E-state index contributed by atoms with van der Waals surface area (Å²) in [5.41, 5.74) is -0.259. The Morgan fingerprint density at radius 1 is 1.44 bits per heavy atom. The highest BCUT2D eigenvalue weighted by molar-refractivity contribution is 6.32. The molecule has 0 spiro atoms. The number of aliphatic hydroxyl groups is 2. The standard InChI is InChI=1S/C12H17ClO3/c1-3-12(2,15)8-16-11-9(7-14)5-4-6-10(11)13/h4-6,14-15H,3,7-8H2,1-2H3. The second-order valence-corrected chi connectivity index (χ2v) is 4.43. The third-order valence-corrected chi connectivity index (χ3v) is 2.81. The number of halogens is 1. The second-order valence-electron chi connectivity index (χ2n) is 4.03. The molecule has 0 aliphatic heterocycles. The molecule has 1 rings (SSSR count). The lowest BCUT2D eigenvalue weighted by atomic mass is 10.1. The van der Waals surface area contributed by atoms with Gasteiger partial charge in [-0.05, 0) is 19.4 Å². The molecule has 2 N–H and O–H groups in total. The van der Waals surface area contributed by atoms with Crippen molar-refractivity contribution in [2.24, 2.45) is 0 Å². The molecule has 16 heavy (non-hydrogen) atoms. The summed E-state index contributed by atoms with van der Waals surface area (Å²) in [7, 11) is 0. The van der Waals surface area contributed by atoms with E-state index in [9.17, 15) is 5.11 Å². The summed E-state index contributed by atoms with van der Waals surface area (Å²) in [5.74, 6) is 0.445. The zero-order valence-corrected chi connectivity index (χ0v) is 10.3. The molecule has 90 valence electrons. The molecule has 0 aliphatic carbocycles. The van der Waals surface area contributed by atoms with Crippen LogP contribution in [0.3, 0.4) is 0 Å². The maximum absolute atomic E-state index is 9.81. The zero-order valence-electron chi connectivity index (χ0n) is 9.53. The Hall–Kier alpha value is -0.770. The third kappa shape index (κ3) is 3.37. The summed E-state index contributed by atoms with van der Waals surface area (Å²) in [6, 6.07) is 5.18. The van der Waals surface area contributed by atoms with Gasteiger partial charge < -0.3 is 14.9 Å². The van der Waals surface area contributed by atoms with Gasteiger partial charge in [-0.15, -0.1) is 0 Å². The molecule has 0 radical (unpaired) electrons. The fourth-order valence-electron chi connectivity index (χ4n) is 1.17. The minimum Gasteiger partial charge on any atom is -0.489 e. The van der Waals surface area contributed by atoms with Crippen molar-refractivity contribution in [3.63, 3.8) is 0 Å². The van der Waals surface area contributed by atoms with E-state index in [1.807, 2.05) is 6.92 Å². The number of hydrogen-bond donors (Lipinski definition) is 2. The van der Waals surface area contributed by atoms with E-state index >= 15 is 0 Å². The number of rotatable bonds is 5. The molecule has 1 atom stereocenters. The van der Waals surface area contributed by atoms with Crippen molar-refractivity contribution in [3.8, 4) is 5.75 Å². The minimum atomic E-state index is -0.883. The van der Waals surface area contributed by atoms with Gasteiger partial charge in [0.1, 0.15) is 12.4 Å². The van der Waals surface area contributed by atoms with Crippen LogP contribution in [0.1, 0.15) is 25.8 Å². The van der Waals surface area contributed by atoms with Gasteiger partial charge in [0.05, 0.1) is 17.2 Å². The largest absolute Gasteiger partial charge is 0.489 e. The van der Waals surface area contributed by atoms with Crippen LogP contribution in [0, 0.1) is 0 Å². The fourth-order valence-corrected chi connectivity index (χ4v) is 1.42. The predicted molar refractivity (Wildman–Crippen MR) is 63.8 cm³/mol. The molecule has 3 nitrogen and oxygen atoms in total. The highest BCUT2D eigenvalue weighted by Crippen LogP contribution is 2.29. The molecule has 0 aromatic heterocycles. The first-order chi connectivity index (χ1) is 7.50. The van der Waals surface area contributed by atoms with Crippen molar-refractivity contribution >= 4 is 11.6 Å². The Labute approximate surface area is 101 Å². The quantitative estimate of drug-likeness (QED) is 0.836. The van der Waals surface area contributed by atoms with Gasteiger partial charge in [-0.25, -0.2) is 0 Å². The van der Waals surface area contributed by atoms with Crippen LogP contribution in [0.2, 0.25) is 5.02 Å². The number of para-hydroxylation sites is 1. The number of hydrogen-bond acceptors (Lipinski definition) is 3. The van der Waals surface area contributed by atoms with Gasteiger partial charge in [0.15, 0.2) is 0 Å². The van der Waals surface area contributed by atoms with Gasteiger partial charge in [-0.2, -0.15) is 0 Å². The Morgan fingerprint density at radius 3 is 2.69 bits per heavy atom. The number of benzene rings is 1. The summed E-state index contributed by atoms with van der Waals surface area (Å²) in [6.07, 6.45) is 0.589. The molecule has 1 aromatic rings. The normalized spacial score (nSPS) is 14.6. The molecule has 0 amide bonds. The van der Waals surface area contributed by atoms with Gasteiger partial charge in [-0.1, -0.05) is 30.7 Å². The highest BCUT2D eigenvalue weighted by atomic mass is 35.5. The molecule has 0 aliphatic rings. The Balaban J connectivity index is 2.80. The van der Waals surface area contributed by atoms with Crippen LogP contribution in [0.15, 0.2) is 18.2 Å². The van der Waals surface area contributed by atoms with Gasteiger partial charge in [0.2, 0.25) is 0 Å². The van der Waals surface area contributed by atoms with Crippen LogP contribution in [0.5, 0.6) is 5.75 Å². The highest BCUT2D eigenvalue weighted by Gasteiger charge is 2.20. The molecule has 0 fully saturated rings. The summed E-state index contributed by atoms with van der Waals surface area (Å²) in [5, 5.41) is 19.4. The van der Waals surface area contributed by atoms with Crippen LogP contribution in [-0.2, 0) is 6.61 Å². The smallest absolute Gasteiger partial charge is 0.143 e. The lowest BCUT2D eigenvalue weighted by Crippen LogP contribution is -2.31. The average Bonchev–Trinajstić information content (AvgIpc) is 2.27. The molecule has 0 saturated heterocycles. The van der Waals surface area contributed by atoms with Gasteiger partial charge in [0, 0.05) is 5.56 Å². The summed E-state index contributed by atoms with van der Waals surface area (Å²) in [4.78, 5) is 0. The average molecular weight is 245 g/mol. The first-order valence-corrected chi connectivity index (χ1v) is 5.61. The van der Waals surface area contributed by atoms with Gasteiger partial charge in [-0.3, -0.25) is 0 Å². The Kier molecular flexibility index (Phi) is 4.59. The van der Waals surface area contributed by atoms with E-state index in [-0.39, 0.29) is 13.2 Å². The monoisotopic (exact) mass is 244 g/mol. The SMILES string of the molecule is CCC(C)(O)COc1c(Cl)cccc1CO. The van der Waals surface area contributed by atoms with Crippen molar-refractivity contribution in [1.82, 2.24) is 0 Å². The minimum absolute atomic E-state index is 0.135. The van der Waals surface area contributed by atoms with Gasteiger partial charge >= 0.3 is 0 Å². The topological polar surface area (TPSA) is 49.7 Å². The van der Waals surface area contributed by atoms with E-state index < -0.39 is 5.60 Å². The van der Waals surface area contributed by atoms with Crippen molar-refractivity contribution in [2.45, 2.75) is 32.5 Å². The molecule has 0 bridgehead atoms. The summed E-state index contributed by atoms with van der Waals surface area (Å²) >= 11 is 5.96. The van der Waals surface area contributed by atoms with Crippen molar-refractivity contribution in [1.29, 1.82) is 0 Å². The lowest BCUT2D eigenvalue weighted by Gasteiger charge is -2.22. The van der Waals surface area contributed by atoms with E-state index in [1.54, 1.807) is 25.1 Å².